The van der Waals surface area contributed by atoms with E-state index in [0.29, 0.717) is 24.3 Å². The number of nitrogens with zero attached hydrogens (tertiary/aromatic N) is 3. The summed E-state index contributed by atoms with van der Waals surface area (Å²) in [7, 11) is 0. The molecule has 0 bridgehead atoms. The third kappa shape index (κ3) is 1.72. The topological polar surface area (TPSA) is 77.2 Å². The first kappa shape index (κ1) is 11.4. The Bertz CT molecular complexity index is 495. The van der Waals surface area contributed by atoms with Gasteiger partial charge in [-0.3, -0.25) is 0 Å². The summed E-state index contributed by atoms with van der Waals surface area (Å²) < 4.78 is 0. The standard InChI is InChI=1S/C12H13N3O2/c1-12(11(16)17)5-3-7-15(12)10-9(8-13)4-2-6-14-10/h2,4,6H,3,5,7H2,1H3,(H,16,17). The quantitative estimate of drug-likeness (QED) is 0.832. The van der Waals surface area contributed by atoms with Crippen molar-refractivity contribution < 1.29 is 9.90 Å². The molecule has 0 spiro atoms. The van der Waals surface area contributed by atoms with Gasteiger partial charge < -0.3 is 10.0 Å². The molecular formula is C12H13N3O2. The molecule has 0 saturated carbocycles. The SMILES string of the molecule is CC1(C(=O)O)CCCN1c1ncccc1C#N. The number of pyridine rings is 1. The van der Waals surface area contributed by atoms with Gasteiger partial charge in [0.15, 0.2) is 0 Å². The van der Waals surface area contributed by atoms with E-state index in [0.717, 1.165) is 6.42 Å². The van der Waals surface area contributed by atoms with E-state index in [-0.39, 0.29) is 0 Å². The van der Waals surface area contributed by atoms with Gasteiger partial charge in [-0.15, -0.1) is 0 Å². The van der Waals surface area contributed by atoms with Crippen LogP contribution in [0.4, 0.5) is 5.82 Å². The van der Waals surface area contributed by atoms with Crippen LogP contribution in [-0.2, 0) is 4.79 Å². The van der Waals surface area contributed by atoms with Gasteiger partial charge in [-0.1, -0.05) is 0 Å². The van der Waals surface area contributed by atoms with E-state index in [4.69, 9.17) is 5.26 Å². The lowest BCUT2D eigenvalue weighted by Crippen LogP contribution is -2.48. The second-order valence-corrected chi connectivity index (χ2v) is 4.32. The number of anilines is 1. The summed E-state index contributed by atoms with van der Waals surface area (Å²) in [6.07, 6.45) is 2.95. The molecule has 5 nitrogen and oxygen atoms in total. The zero-order valence-corrected chi connectivity index (χ0v) is 9.55. The zero-order valence-electron chi connectivity index (χ0n) is 9.55. The van der Waals surface area contributed by atoms with E-state index >= 15 is 0 Å². The molecule has 5 heteroatoms. The van der Waals surface area contributed by atoms with Gasteiger partial charge in [-0.2, -0.15) is 5.26 Å². The first-order valence-corrected chi connectivity index (χ1v) is 5.46. The van der Waals surface area contributed by atoms with Gasteiger partial charge in [-0.25, -0.2) is 9.78 Å². The minimum absolute atomic E-state index is 0.418. The zero-order chi connectivity index (χ0) is 12.5. The fourth-order valence-electron chi connectivity index (χ4n) is 2.22. The van der Waals surface area contributed by atoms with E-state index in [2.05, 4.69) is 11.1 Å². The van der Waals surface area contributed by atoms with E-state index in [1.807, 2.05) is 0 Å². The maximum Gasteiger partial charge on any atom is 0.329 e. The monoisotopic (exact) mass is 231 g/mol. The van der Waals surface area contributed by atoms with Gasteiger partial charge in [0.05, 0.1) is 5.56 Å². The van der Waals surface area contributed by atoms with Crippen LogP contribution < -0.4 is 4.90 Å². The van der Waals surface area contributed by atoms with E-state index in [1.54, 1.807) is 30.2 Å². The number of carboxylic acids is 1. The van der Waals surface area contributed by atoms with Gasteiger partial charge >= 0.3 is 5.97 Å². The molecule has 0 amide bonds. The van der Waals surface area contributed by atoms with Gasteiger partial charge in [0, 0.05) is 12.7 Å². The van der Waals surface area contributed by atoms with Crippen molar-refractivity contribution in [3.05, 3.63) is 23.9 Å². The largest absolute Gasteiger partial charge is 0.480 e. The predicted molar refractivity (Wildman–Crippen MR) is 61.6 cm³/mol. The molecular weight excluding hydrogens is 218 g/mol. The highest BCUT2D eigenvalue weighted by molar-refractivity contribution is 5.84. The molecule has 0 radical (unpaired) electrons. The summed E-state index contributed by atoms with van der Waals surface area (Å²) in [4.78, 5) is 17.2. The molecule has 1 aliphatic heterocycles. The summed E-state index contributed by atoms with van der Waals surface area (Å²) in [5.74, 6) is -0.401. The third-order valence-corrected chi connectivity index (χ3v) is 3.26. The summed E-state index contributed by atoms with van der Waals surface area (Å²) in [6.45, 7) is 2.30. The van der Waals surface area contributed by atoms with Crippen LogP contribution in [-0.4, -0.2) is 28.1 Å². The van der Waals surface area contributed by atoms with Crippen LogP contribution >= 0.6 is 0 Å². The maximum absolute atomic E-state index is 11.4. The highest BCUT2D eigenvalue weighted by Crippen LogP contribution is 2.34. The van der Waals surface area contributed by atoms with Crippen LogP contribution in [0.25, 0.3) is 0 Å². The number of aliphatic carboxylic acids is 1. The van der Waals surface area contributed by atoms with Gasteiger partial charge in [-0.05, 0) is 31.9 Å². The Kier molecular flexibility index (Phi) is 2.72. The lowest BCUT2D eigenvalue weighted by Gasteiger charge is -2.32. The number of aromatic nitrogens is 1. The van der Waals surface area contributed by atoms with Crippen molar-refractivity contribution in [2.24, 2.45) is 0 Å². The number of hydrogen-bond acceptors (Lipinski definition) is 4. The van der Waals surface area contributed by atoms with Crippen molar-refractivity contribution in [3.8, 4) is 6.07 Å². The summed E-state index contributed by atoms with van der Waals surface area (Å²) in [5.41, 5.74) is -0.540. The second kappa shape index (κ2) is 4.06. The van der Waals surface area contributed by atoms with Crippen molar-refractivity contribution in [1.29, 1.82) is 5.26 Å². The Balaban J connectivity index is 2.47. The van der Waals surface area contributed by atoms with Crippen molar-refractivity contribution in [3.63, 3.8) is 0 Å². The maximum atomic E-state index is 11.4. The molecule has 1 unspecified atom stereocenters. The number of carbonyl (C=O) groups is 1. The van der Waals surface area contributed by atoms with Crippen LogP contribution in [0.3, 0.4) is 0 Å². The number of hydrogen-bond donors (Lipinski definition) is 1. The Morgan fingerprint density at radius 3 is 3.12 bits per heavy atom. The smallest absolute Gasteiger partial charge is 0.329 e. The minimum atomic E-state index is -0.958. The molecule has 2 heterocycles. The third-order valence-electron chi connectivity index (χ3n) is 3.26. The molecule has 1 aliphatic rings. The van der Waals surface area contributed by atoms with Crippen LogP contribution in [0.2, 0.25) is 0 Å². The summed E-state index contributed by atoms with van der Waals surface area (Å²) >= 11 is 0. The van der Waals surface area contributed by atoms with E-state index in [1.165, 1.54) is 0 Å². The van der Waals surface area contributed by atoms with E-state index in [9.17, 15) is 9.90 Å². The lowest BCUT2D eigenvalue weighted by molar-refractivity contribution is -0.142. The second-order valence-electron chi connectivity index (χ2n) is 4.32. The number of carboxylic acid groups (broad SMARTS) is 1. The molecule has 88 valence electrons. The molecule has 0 aliphatic carbocycles. The average molecular weight is 231 g/mol. The van der Waals surface area contributed by atoms with Crippen molar-refractivity contribution >= 4 is 11.8 Å². The molecule has 1 aromatic heterocycles. The van der Waals surface area contributed by atoms with Crippen molar-refractivity contribution in [2.75, 3.05) is 11.4 Å². The van der Waals surface area contributed by atoms with Gasteiger partial charge in [0.25, 0.3) is 0 Å². The molecule has 1 fully saturated rings. The average Bonchev–Trinajstić information content (AvgIpc) is 2.72. The summed E-state index contributed by atoms with van der Waals surface area (Å²) in [5, 5.41) is 18.3. The van der Waals surface area contributed by atoms with Gasteiger partial charge in [0.1, 0.15) is 17.4 Å². The molecule has 1 N–H and O–H groups in total. The lowest BCUT2D eigenvalue weighted by atomic mass is 9.99. The van der Waals surface area contributed by atoms with Gasteiger partial charge in [0.2, 0.25) is 0 Å². The highest BCUT2D eigenvalue weighted by Gasteiger charge is 2.44. The molecule has 1 saturated heterocycles. The van der Waals surface area contributed by atoms with E-state index < -0.39 is 11.5 Å². The Labute approximate surface area is 99.3 Å². The first-order chi connectivity index (χ1) is 8.09. The predicted octanol–water partition coefficient (Wildman–Crippen LogP) is 1.40. The van der Waals surface area contributed by atoms with Crippen LogP contribution in [0.1, 0.15) is 25.3 Å². The normalized spacial score (nSPS) is 23.4. The number of rotatable bonds is 2. The first-order valence-electron chi connectivity index (χ1n) is 5.46. The fraction of sp³-hybridized carbons (Fsp3) is 0.417. The van der Waals surface area contributed by atoms with Crippen LogP contribution in [0.15, 0.2) is 18.3 Å². The van der Waals surface area contributed by atoms with Crippen molar-refractivity contribution in [1.82, 2.24) is 4.98 Å². The van der Waals surface area contributed by atoms with Crippen LogP contribution in [0.5, 0.6) is 0 Å². The Hall–Kier alpha value is -2.09. The molecule has 1 aromatic rings. The minimum Gasteiger partial charge on any atom is -0.480 e. The Morgan fingerprint density at radius 2 is 2.47 bits per heavy atom. The fourth-order valence-corrected chi connectivity index (χ4v) is 2.22. The highest BCUT2D eigenvalue weighted by atomic mass is 16.4. The Morgan fingerprint density at radius 1 is 1.71 bits per heavy atom. The molecule has 2 rings (SSSR count). The number of nitriles is 1. The van der Waals surface area contributed by atoms with Crippen LogP contribution in [0, 0.1) is 11.3 Å². The van der Waals surface area contributed by atoms with Crippen molar-refractivity contribution in [2.45, 2.75) is 25.3 Å². The molecule has 0 aromatic carbocycles. The summed E-state index contributed by atoms with van der Waals surface area (Å²) in [6, 6.07) is 5.38. The molecule has 17 heavy (non-hydrogen) atoms. The molecule has 1 atom stereocenters.